The Bertz CT molecular complexity index is 1150. The number of hydrogen-bond donors (Lipinski definition) is 1. The zero-order chi connectivity index (χ0) is 22.4. The van der Waals surface area contributed by atoms with Crippen molar-refractivity contribution in [3.63, 3.8) is 0 Å². The maximum atomic E-state index is 13.0. The summed E-state index contributed by atoms with van der Waals surface area (Å²) in [5.41, 5.74) is 0.976. The number of imide groups is 1. The lowest BCUT2D eigenvalue weighted by atomic mass is 9.85. The fraction of sp³-hybridized carbons (Fsp3) is 0.250. The standard InChI is InChI=1S/C24H19ClN2O5/c25-16-4-2-5-17(11-16)26-19(28)12-32-24(31)15-3-1-6-18(10-15)27-22(29)20-13-7-8-14(9-13)21(20)23(27)30/h1-8,10-11,13-14,20-21H,9,12H2,(H,26,28)/t13-,14-,20-,21-/m0/s1. The number of fused-ring (bicyclic) bond motifs is 5. The molecule has 2 aromatic rings. The second-order valence-corrected chi connectivity index (χ2v) is 8.63. The molecule has 3 amide bonds. The van der Waals surface area contributed by atoms with E-state index in [0.29, 0.717) is 16.4 Å². The molecule has 1 saturated heterocycles. The van der Waals surface area contributed by atoms with Gasteiger partial charge in [-0.3, -0.25) is 14.4 Å². The van der Waals surface area contributed by atoms with Crippen molar-refractivity contribution in [3.8, 4) is 0 Å². The van der Waals surface area contributed by atoms with Crippen molar-refractivity contribution in [2.45, 2.75) is 6.42 Å². The summed E-state index contributed by atoms with van der Waals surface area (Å²) >= 11 is 5.88. The SMILES string of the molecule is O=C(COC(=O)c1cccc(N2C(=O)[C@@H]3[C@@H](C2=O)[C@H]2C=C[C@H]3C2)c1)Nc1cccc(Cl)c1. The minimum Gasteiger partial charge on any atom is -0.452 e. The summed E-state index contributed by atoms with van der Waals surface area (Å²) in [6, 6.07) is 12.8. The third-order valence-electron chi connectivity index (χ3n) is 6.25. The number of nitrogens with one attached hydrogen (secondary N) is 1. The molecule has 2 bridgehead atoms. The first kappa shape index (κ1) is 20.5. The third kappa shape index (κ3) is 3.48. The molecule has 2 fully saturated rings. The van der Waals surface area contributed by atoms with Crippen LogP contribution >= 0.6 is 11.6 Å². The van der Waals surface area contributed by atoms with Gasteiger partial charge in [0, 0.05) is 10.7 Å². The highest BCUT2D eigenvalue weighted by molar-refractivity contribution is 6.30. The Morgan fingerprint density at radius 2 is 1.69 bits per heavy atom. The van der Waals surface area contributed by atoms with Gasteiger partial charge >= 0.3 is 5.97 Å². The van der Waals surface area contributed by atoms with Gasteiger partial charge < -0.3 is 10.1 Å². The van der Waals surface area contributed by atoms with Gasteiger partial charge in [0.1, 0.15) is 0 Å². The number of allylic oxidation sites excluding steroid dienone is 2. The number of hydrogen-bond acceptors (Lipinski definition) is 5. The summed E-state index contributed by atoms with van der Waals surface area (Å²) in [7, 11) is 0. The Morgan fingerprint density at radius 1 is 1.00 bits per heavy atom. The maximum Gasteiger partial charge on any atom is 0.338 e. The van der Waals surface area contributed by atoms with Crippen LogP contribution in [0.25, 0.3) is 0 Å². The Kier molecular flexibility index (Phi) is 5.06. The van der Waals surface area contributed by atoms with Crippen molar-refractivity contribution >= 4 is 46.7 Å². The smallest absolute Gasteiger partial charge is 0.338 e. The molecule has 4 atom stereocenters. The zero-order valence-electron chi connectivity index (χ0n) is 16.9. The highest BCUT2D eigenvalue weighted by Gasteiger charge is 2.59. The molecule has 5 rings (SSSR count). The van der Waals surface area contributed by atoms with Crippen molar-refractivity contribution in [1.29, 1.82) is 0 Å². The normalized spacial score (nSPS) is 25.2. The lowest BCUT2D eigenvalue weighted by Gasteiger charge is -2.18. The van der Waals surface area contributed by atoms with Crippen molar-refractivity contribution in [3.05, 3.63) is 71.3 Å². The minimum atomic E-state index is -0.728. The largest absolute Gasteiger partial charge is 0.452 e. The maximum absolute atomic E-state index is 13.0. The van der Waals surface area contributed by atoms with Crippen LogP contribution < -0.4 is 10.2 Å². The molecule has 0 radical (unpaired) electrons. The molecule has 1 heterocycles. The number of nitrogens with zero attached hydrogens (tertiary/aromatic N) is 1. The quantitative estimate of drug-likeness (QED) is 0.428. The fourth-order valence-electron chi connectivity index (χ4n) is 4.91. The Balaban J connectivity index is 1.25. The molecule has 162 valence electrons. The Morgan fingerprint density at radius 3 is 2.38 bits per heavy atom. The van der Waals surface area contributed by atoms with E-state index in [1.165, 1.54) is 17.0 Å². The summed E-state index contributed by atoms with van der Waals surface area (Å²) < 4.78 is 5.10. The molecular formula is C24H19ClN2O5. The summed E-state index contributed by atoms with van der Waals surface area (Å²) in [5, 5.41) is 3.06. The topological polar surface area (TPSA) is 92.8 Å². The summed E-state index contributed by atoms with van der Waals surface area (Å²) in [6.45, 7) is -0.490. The van der Waals surface area contributed by atoms with Crippen LogP contribution in [0.15, 0.2) is 60.7 Å². The highest BCUT2D eigenvalue weighted by Crippen LogP contribution is 2.53. The number of esters is 1. The van der Waals surface area contributed by atoms with E-state index in [-0.39, 0.29) is 41.0 Å². The van der Waals surface area contributed by atoms with Crippen molar-refractivity contribution in [2.75, 3.05) is 16.8 Å². The Hall–Kier alpha value is -3.45. The van der Waals surface area contributed by atoms with Crippen molar-refractivity contribution in [1.82, 2.24) is 0 Å². The van der Waals surface area contributed by atoms with Gasteiger partial charge in [-0.25, -0.2) is 9.69 Å². The third-order valence-corrected chi connectivity index (χ3v) is 6.49. The zero-order valence-corrected chi connectivity index (χ0v) is 17.6. The van der Waals surface area contributed by atoms with Gasteiger partial charge in [-0.1, -0.05) is 35.9 Å². The van der Waals surface area contributed by atoms with E-state index in [1.807, 2.05) is 12.2 Å². The molecule has 32 heavy (non-hydrogen) atoms. The van der Waals surface area contributed by atoms with E-state index < -0.39 is 18.5 Å². The minimum absolute atomic E-state index is 0.109. The molecule has 1 aliphatic heterocycles. The lowest BCUT2D eigenvalue weighted by Crippen LogP contribution is -2.33. The molecule has 3 aliphatic rings. The van der Waals surface area contributed by atoms with E-state index in [9.17, 15) is 19.2 Å². The van der Waals surface area contributed by atoms with Gasteiger partial charge in [-0.15, -0.1) is 0 Å². The summed E-state index contributed by atoms with van der Waals surface area (Å²) in [5.74, 6) is -2.10. The van der Waals surface area contributed by atoms with Crippen LogP contribution in [0.3, 0.4) is 0 Å². The molecule has 0 aromatic heterocycles. The Labute approximate surface area is 189 Å². The number of ether oxygens (including phenoxy) is 1. The van der Waals surface area contributed by atoms with Crippen molar-refractivity contribution < 1.29 is 23.9 Å². The van der Waals surface area contributed by atoms with E-state index in [2.05, 4.69) is 5.32 Å². The number of rotatable bonds is 5. The van der Waals surface area contributed by atoms with Crippen LogP contribution in [-0.2, 0) is 19.1 Å². The molecular weight excluding hydrogens is 432 g/mol. The number of anilines is 2. The summed E-state index contributed by atoms with van der Waals surface area (Å²) in [6.07, 6.45) is 4.91. The molecule has 0 spiro atoms. The van der Waals surface area contributed by atoms with Gasteiger partial charge in [0.15, 0.2) is 6.61 Å². The average Bonchev–Trinajstić information content (AvgIpc) is 3.46. The average molecular weight is 451 g/mol. The van der Waals surface area contributed by atoms with E-state index >= 15 is 0 Å². The molecule has 0 unspecified atom stereocenters. The molecule has 1 saturated carbocycles. The van der Waals surface area contributed by atoms with Crippen LogP contribution in [0.4, 0.5) is 11.4 Å². The molecule has 1 N–H and O–H groups in total. The van der Waals surface area contributed by atoms with E-state index in [4.69, 9.17) is 16.3 Å². The monoisotopic (exact) mass is 450 g/mol. The van der Waals surface area contributed by atoms with Gasteiger partial charge in [0.2, 0.25) is 11.8 Å². The number of amides is 3. The predicted octanol–water partition coefficient (Wildman–Crippen LogP) is 3.45. The van der Waals surface area contributed by atoms with Gasteiger partial charge in [0.05, 0.1) is 23.1 Å². The number of carbonyl (C=O) groups excluding carboxylic acids is 4. The first-order valence-electron chi connectivity index (χ1n) is 10.3. The number of halogens is 1. The van der Waals surface area contributed by atoms with Gasteiger partial charge in [0.25, 0.3) is 5.91 Å². The first-order chi connectivity index (χ1) is 15.4. The lowest BCUT2D eigenvalue weighted by molar-refractivity contribution is -0.123. The van der Waals surface area contributed by atoms with Gasteiger partial charge in [-0.05, 0) is 54.7 Å². The van der Waals surface area contributed by atoms with Crippen LogP contribution in [0, 0.1) is 23.7 Å². The van der Waals surface area contributed by atoms with Crippen LogP contribution in [0.1, 0.15) is 16.8 Å². The van der Waals surface area contributed by atoms with Gasteiger partial charge in [-0.2, -0.15) is 0 Å². The number of carbonyl (C=O) groups is 4. The fourth-order valence-corrected chi connectivity index (χ4v) is 5.10. The second kappa shape index (κ2) is 7.91. The highest BCUT2D eigenvalue weighted by atomic mass is 35.5. The first-order valence-corrected chi connectivity index (χ1v) is 10.7. The number of benzene rings is 2. The van der Waals surface area contributed by atoms with E-state index in [0.717, 1.165) is 6.42 Å². The van der Waals surface area contributed by atoms with Crippen molar-refractivity contribution in [2.24, 2.45) is 23.7 Å². The second-order valence-electron chi connectivity index (χ2n) is 8.20. The molecule has 7 nitrogen and oxygen atoms in total. The molecule has 2 aromatic carbocycles. The van der Waals surface area contributed by atoms with Crippen LogP contribution in [-0.4, -0.2) is 30.3 Å². The predicted molar refractivity (Wildman–Crippen MR) is 117 cm³/mol. The van der Waals surface area contributed by atoms with Crippen LogP contribution in [0.2, 0.25) is 5.02 Å². The molecule has 2 aliphatic carbocycles. The van der Waals surface area contributed by atoms with E-state index in [1.54, 1.807) is 36.4 Å². The van der Waals surface area contributed by atoms with Crippen LogP contribution in [0.5, 0.6) is 0 Å². The molecule has 8 heteroatoms. The summed E-state index contributed by atoms with van der Waals surface area (Å²) in [4.78, 5) is 51.7.